The lowest BCUT2D eigenvalue weighted by molar-refractivity contribution is -0.113. The van der Waals surface area contributed by atoms with Gasteiger partial charge in [0.15, 0.2) is 11.0 Å². The van der Waals surface area contributed by atoms with Crippen molar-refractivity contribution in [3.05, 3.63) is 88.4 Å². The number of halogens is 2. The molecule has 0 saturated heterocycles. The minimum atomic E-state index is -0.212. The van der Waals surface area contributed by atoms with Crippen molar-refractivity contribution in [2.75, 3.05) is 11.1 Å². The third kappa shape index (κ3) is 4.99. The number of anilines is 1. The second-order valence-corrected chi connectivity index (χ2v) is 8.69. The SMILES string of the molecule is CCc1ccc(-n2c(SCC(=O)Nc3cccc(Cl)c3Cl)nnc2-c2ccccc2)cc1. The molecule has 4 aromatic rings. The molecular formula is C24H20Cl2N4OS. The number of hydrogen-bond acceptors (Lipinski definition) is 4. The van der Waals surface area contributed by atoms with Gasteiger partial charge in [-0.2, -0.15) is 0 Å². The summed E-state index contributed by atoms with van der Waals surface area (Å²) >= 11 is 13.5. The lowest BCUT2D eigenvalue weighted by atomic mass is 10.1. The second-order valence-electron chi connectivity index (χ2n) is 6.97. The first-order valence-electron chi connectivity index (χ1n) is 10.0. The van der Waals surface area contributed by atoms with Crippen molar-refractivity contribution in [3.8, 4) is 17.1 Å². The summed E-state index contributed by atoms with van der Waals surface area (Å²) < 4.78 is 1.97. The Morgan fingerprint density at radius 2 is 1.72 bits per heavy atom. The summed E-state index contributed by atoms with van der Waals surface area (Å²) in [6.45, 7) is 2.12. The van der Waals surface area contributed by atoms with E-state index in [1.807, 2.05) is 47.0 Å². The van der Waals surface area contributed by atoms with Gasteiger partial charge in [0.2, 0.25) is 5.91 Å². The Bertz CT molecular complexity index is 1230. The van der Waals surface area contributed by atoms with Gasteiger partial charge in [-0.1, -0.05) is 90.4 Å². The van der Waals surface area contributed by atoms with Crippen LogP contribution in [0.4, 0.5) is 5.69 Å². The van der Waals surface area contributed by atoms with E-state index in [1.54, 1.807) is 18.2 Å². The fourth-order valence-corrected chi connectivity index (χ4v) is 4.27. The maximum Gasteiger partial charge on any atom is 0.234 e. The monoisotopic (exact) mass is 482 g/mol. The van der Waals surface area contributed by atoms with Crippen LogP contribution in [-0.4, -0.2) is 26.4 Å². The zero-order valence-electron chi connectivity index (χ0n) is 17.3. The molecule has 0 aliphatic rings. The molecule has 1 N–H and O–H groups in total. The Morgan fingerprint density at radius 1 is 0.969 bits per heavy atom. The van der Waals surface area contributed by atoms with E-state index in [9.17, 15) is 4.79 Å². The third-order valence-corrected chi connectivity index (χ3v) is 6.57. The highest BCUT2D eigenvalue weighted by Crippen LogP contribution is 2.31. The molecule has 5 nitrogen and oxygen atoms in total. The number of carbonyl (C=O) groups is 1. The van der Waals surface area contributed by atoms with Crippen LogP contribution < -0.4 is 5.32 Å². The highest BCUT2D eigenvalue weighted by atomic mass is 35.5. The van der Waals surface area contributed by atoms with Crippen LogP contribution >= 0.6 is 35.0 Å². The van der Waals surface area contributed by atoms with Gasteiger partial charge in [0.1, 0.15) is 0 Å². The summed E-state index contributed by atoms with van der Waals surface area (Å²) in [6, 6.07) is 23.3. The average molecular weight is 483 g/mol. The molecule has 4 rings (SSSR count). The van der Waals surface area contributed by atoms with Gasteiger partial charge in [-0.25, -0.2) is 0 Å². The van der Waals surface area contributed by atoms with E-state index in [4.69, 9.17) is 23.2 Å². The van der Waals surface area contributed by atoms with Crippen LogP contribution in [0.1, 0.15) is 12.5 Å². The minimum Gasteiger partial charge on any atom is -0.324 e. The number of aromatic nitrogens is 3. The van der Waals surface area contributed by atoms with E-state index in [1.165, 1.54) is 17.3 Å². The van der Waals surface area contributed by atoms with Crippen molar-refractivity contribution < 1.29 is 4.79 Å². The first kappa shape index (κ1) is 22.4. The smallest absolute Gasteiger partial charge is 0.234 e. The zero-order valence-corrected chi connectivity index (χ0v) is 19.6. The van der Waals surface area contributed by atoms with Gasteiger partial charge < -0.3 is 5.32 Å². The van der Waals surface area contributed by atoms with Gasteiger partial charge in [0.05, 0.1) is 21.5 Å². The van der Waals surface area contributed by atoms with E-state index in [0.717, 1.165) is 23.5 Å². The van der Waals surface area contributed by atoms with Gasteiger partial charge in [0.25, 0.3) is 0 Å². The van der Waals surface area contributed by atoms with Crippen molar-refractivity contribution in [2.24, 2.45) is 0 Å². The van der Waals surface area contributed by atoms with E-state index in [-0.39, 0.29) is 11.7 Å². The molecule has 1 aromatic heterocycles. The third-order valence-electron chi connectivity index (χ3n) is 4.83. The molecule has 32 heavy (non-hydrogen) atoms. The Balaban J connectivity index is 1.60. The predicted molar refractivity (Wildman–Crippen MR) is 132 cm³/mol. The molecule has 0 bridgehead atoms. The minimum absolute atomic E-state index is 0.142. The van der Waals surface area contributed by atoms with Crippen LogP contribution in [0.15, 0.2) is 78.0 Å². The maximum atomic E-state index is 12.6. The van der Waals surface area contributed by atoms with E-state index >= 15 is 0 Å². The maximum absolute atomic E-state index is 12.6. The largest absolute Gasteiger partial charge is 0.324 e. The van der Waals surface area contributed by atoms with E-state index < -0.39 is 0 Å². The van der Waals surface area contributed by atoms with Crippen molar-refractivity contribution in [3.63, 3.8) is 0 Å². The van der Waals surface area contributed by atoms with Crippen LogP contribution in [0.2, 0.25) is 10.0 Å². The number of nitrogens with zero attached hydrogens (tertiary/aromatic N) is 3. The van der Waals surface area contributed by atoms with Gasteiger partial charge in [-0.05, 0) is 36.2 Å². The lowest BCUT2D eigenvalue weighted by Crippen LogP contribution is -2.15. The van der Waals surface area contributed by atoms with Crippen molar-refractivity contribution in [1.29, 1.82) is 0 Å². The number of thioether (sulfide) groups is 1. The standard InChI is InChI=1S/C24H20Cl2N4OS/c1-2-16-11-13-18(14-12-16)30-23(17-7-4-3-5-8-17)28-29-24(30)32-15-21(31)27-20-10-6-9-19(25)22(20)26/h3-14H,2,15H2,1H3,(H,27,31). The van der Waals surface area contributed by atoms with Crippen LogP contribution in [0.5, 0.6) is 0 Å². The van der Waals surface area contributed by atoms with Crippen molar-refractivity contribution in [2.45, 2.75) is 18.5 Å². The predicted octanol–water partition coefficient (Wildman–Crippen LogP) is 6.53. The number of hydrogen-bond donors (Lipinski definition) is 1. The lowest BCUT2D eigenvalue weighted by Gasteiger charge is -2.11. The number of benzene rings is 3. The number of rotatable bonds is 7. The number of carbonyl (C=O) groups excluding carboxylic acids is 1. The molecule has 1 amide bonds. The van der Waals surface area contributed by atoms with Gasteiger partial charge in [-0.3, -0.25) is 9.36 Å². The fraction of sp³-hybridized carbons (Fsp3) is 0.125. The van der Waals surface area contributed by atoms with Gasteiger partial charge in [0, 0.05) is 11.3 Å². The Hall–Kier alpha value is -2.80. The molecule has 0 aliphatic carbocycles. The summed E-state index contributed by atoms with van der Waals surface area (Å²) in [4.78, 5) is 12.6. The summed E-state index contributed by atoms with van der Waals surface area (Å²) in [7, 11) is 0. The highest BCUT2D eigenvalue weighted by molar-refractivity contribution is 7.99. The molecule has 0 radical (unpaired) electrons. The Labute approximate surface area is 200 Å². The molecule has 162 valence electrons. The van der Waals surface area contributed by atoms with E-state index in [0.29, 0.717) is 20.9 Å². The summed E-state index contributed by atoms with van der Waals surface area (Å²) in [5.74, 6) is 0.648. The normalized spacial score (nSPS) is 10.8. The quantitative estimate of drug-likeness (QED) is 0.304. The molecule has 3 aromatic carbocycles. The Morgan fingerprint density at radius 3 is 2.44 bits per heavy atom. The van der Waals surface area contributed by atoms with Gasteiger partial charge in [-0.15, -0.1) is 10.2 Å². The van der Waals surface area contributed by atoms with Crippen LogP contribution in [0.3, 0.4) is 0 Å². The van der Waals surface area contributed by atoms with Crippen LogP contribution in [0.25, 0.3) is 17.1 Å². The summed E-state index contributed by atoms with van der Waals surface area (Å²) in [6.07, 6.45) is 0.960. The highest BCUT2D eigenvalue weighted by Gasteiger charge is 2.18. The topological polar surface area (TPSA) is 59.8 Å². The molecule has 1 heterocycles. The number of amides is 1. The molecular weight excluding hydrogens is 463 g/mol. The van der Waals surface area contributed by atoms with Crippen molar-refractivity contribution >= 4 is 46.6 Å². The summed E-state index contributed by atoms with van der Waals surface area (Å²) in [5.41, 5.74) is 3.61. The molecule has 0 fully saturated rings. The van der Waals surface area contributed by atoms with Crippen molar-refractivity contribution in [1.82, 2.24) is 14.8 Å². The molecule has 0 saturated carbocycles. The molecule has 0 spiro atoms. The first-order valence-corrected chi connectivity index (χ1v) is 11.8. The molecule has 0 unspecified atom stereocenters. The zero-order chi connectivity index (χ0) is 22.5. The first-order chi connectivity index (χ1) is 15.6. The summed E-state index contributed by atoms with van der Waals surface area (Å²) in [5, 5.41) is 12.9. The Kier molecular flexibility index (Phi) is 7.15. The number of nitrogens with one attached hydrogen (secondary N) is 1. The second kappa shape index (κ2) is 10.2. The average Bonchev–Trinajstić information content (AvgIpc) is 3.25. The fourth-order valence-electron chi connectivity index (χ4n) is 3.17. The number of aryl methyl sites for hydroxylation is 1. The van der Waals surface area contributed by atoms with Crippen LogP contribution in [0, 0.1) is 0 Å². The molecule has 0 aliphatic heterocycles. The molecule has 8 heteroatoms. The molecule has 0 atom stereocenters. The van der Waals surface area contributed by atoms with E-state index in [2.05, 4.69) is 34.6 Å². The van der Waals surface area contributed by atoms with Gasteiger partial charge >= 0.3 is 0 Å². The van der Waals surface area contributed by atoms with Crippen LogP contribution in [-0.2, 0) is 11.2 Å².